The first-order valence-corrected chi connectivity index (χ1v) is 10.9. The number of ether oxygens (including phenoxy) is 2. The van der Waals surface area contributed by atoms with E-state index in [1.807, 2.05) is 6.92 Å². The van der Waals surface area contributed by atoms with Gasteiger partial charge in [0, 0.05) is 47.1 Å². The van der Waals surface area contributed by atoms with Crippen LogP contribution in [0.3, 0.4) is 0 Å². The fourth-order valence-corrected chi connectivity index (χ4v) is 3.38. The molecule has 0 aliphatic carbocycles. The number of allylic oxidation sites excluding steroid dienone is 1. The van der Waals surface area contributed by atoms with Crippen molar-refractivity contribution in [2.45, 2.75) is 39.5 Å². The largest absolute Gasteiger partial charge is 0.496 e. The van der Waals surface area contributed by atoms with E-state index in [4.69, 9.17) is 9.47 Å². The summed E-state index contributed by atoms with van der Waals surface area (Å²) >= 11 is 0. The van der Waals surface area contributed by atoms with Crippen molar-refractivity contribution in [3.05, 3.63) is 89.4 Å². The molecule has 0 aliphatic heterocycles. The van der Waals surface area contributed by atoms with Gasteiger partial charge in [-0.2, -0.15) is 17.6 Å². The number of nitrogens with zero attached hydrogens (tertiary/aromatic N) is 3. The van der Waals surface area contributed by atoms with Crippen molar-refractivity contribution in [3.8, 4) is 11.5 Å². The zero-order valence-electron chi connectivity index (χ0n) is 19.6. The molecule has 1 aromatic carbocycles. The maximum absolute atomic E-state index is 13.2. The van der Waals surface area contributed by atoms with Crippen LogP contribution in [-0.2, 0) is 12.8 Å². The lowest BCUT2D eigenvalue weighted by molar-refractivity contribution is -0.142. The van der Waals surface area contributed by atoms with Gasteiger partial charge < -0.3 is 9.47 Å². The van der Waals surface area contributed by atoms with Crippen LogP contribution in [0.1, 0.15) is 49.1 Å². The highest BCUT2D eigenvalue weighted by Gasteiger charge is 2.35. The van der Waals surface area contributed by atoms with Gasteiger partial charge in [-0.25, -0.2) is 4.98 Å². The van der Waals surface area contributed by atoms with Crippen LogP contribution in [-0.4, -0.2) is 22.8 Å². The Morgan fingerprint density at radius 1 is 1.11 bits per heavy atom. The number of hydrogen-bond donors (Lipinski definition) is 0. The zero-order chi connectivity index (χ0) is 25.4. The van der Waals surface area contributed by atoms with Crippen molar-refractivity contribution in [1.29, 1.82) is 0 Å². The van der Waals surface area contributed by atoms with Gasteiger partial charge in [-0.15, -0.1) is 0 Å². The highest BCUT2D eigenvalue weighted by Crippen LogP contribution is 2.34. The Labute approximate surface area is 201 Å². The summed E-state index contributed by atoms with van der Waals surface area (Å²) in [5, 5.41) is 0. The summed E-state index contributed by atoms with van der Waals surface area (Å²) in [5.41, 5.74) is 2.02. The first kappa shape index (κ1) is 25.9. The predicted octanol–water partition coefficient (Wildman–Crippen LogP) is 6.87. The van der Waals surface area contributed by atoms with Crippen molar-refractivity contribution >= 4 is 11.3 Å². The minimum Gasteiger partial charge on any atom is -0.496 e. The van der Waals surface area contributed by atoms with Gasteiger partial charge in [-0.05, 0) is 49.2 Å². The normalized spacial score (nSPS) is 12.5. The molecule has 0 radical (unpaired) electrons. The monoisotopic (exact) mass is 487 g/mol. The molecule has 0 aliphatic rings. The summed E-state index contributed by atoms with van der Waals surface area (Å²) in [6.07, 6.45) is 1.24. The van der Waals surface area contributed by atoms with E-state index in [9.17, 15) is 17.6 Å². The van der Waals surface area contributed by atoms with E-state index < -0.39 is 17.8 Å². The highest BCUT2D eigenvalue weighted by atomic mass is 19.4. The lowest BCUT2D eigenvalue weighted by Gasteiger charge is -2.15. The van der Waals surface area contributed by atoms with Crippen LogP contribution in [0.25, 0.3) is 5.57 Å². The molecule has 9 heteroatoms. The third-order valence-electron chi connectivity index (χ3n) is 5.15. The number of methoxy groups -OCH3 is 1. The van der Waals surface area contributed by atoms with E-state index in [1.54, 1.807) is 37.4 Å². The molecule has 3 rings (SSSR count). The van der Waals surface area contributed by atoms with Gasteiger partial charge in [0.1, 0.15) is 18.1 Å². The molecular weight excluding hydrogens is 462 g/mol. The average molecular weight is 487 g/mol. The maximum Gasteiger partial charge on any atom is 0.433 e. The molecular formula is C26H25F4N3O2. The minimum absolute atomic E-state index is 0.0605. The number of halogens is 4. The molecule has 35 heavy (non-hydrogen) atoms. The number of hydrogen-bond acceptors (Lipinski definition) is 5. The van der Waals surface area contributed by atoms with Crippen molar-refractivity contribution in [3.63, 3.8) is 0 Å². The molecule has 0 spiro atoms. The van der Waals surface area contributed by atoms with Gasteiger partial charge in [0.05, 0.1) is 7.11 Å². The molecule has 184 valence electrons. The molecule has 0 N–H and O–H groups in total. The second-order valence-electron chi connectivity index (χ2n) is 7.65. The minimum atomic E-state index is -4.57. The Morgan fingerprint density at radius 3 is 2.57 bits per heavy atom. The van der Waals surface area contributed by atoms with Crippen molar-refractivity contribution in [1.82, 2.24) is 9.97 Å². The van der Waals surface area contributed by atoms with Crippen molar-refractivity contribution < 1.29 is 27.0 Å². The summed E-state index contributed by atoms with van der Waals surface area (Å²) in [5.74, 6) is 0.296. The SMILES string of the molecule is CCC/C(=C\N=C(C)c1ccc(F)nc1)c1ccc(OCc2cccnc2C(F)(F)F)cc1OC. The smallest absolute Gasteiger partial charge is 0.433 e. The van der Waals surface area contributed by atoms with Crippen molar-refractivity contribution in [2.24, 2.45) is 4.99 Å². The van der Waals surface area contributed by atoms with Crippen LogP contribution < -0.4 is 9.47 Å². The zero-order valence-corrected chi connectivity index (χ0v) is 19.6. The molecule has 0 bridgehead atoms. The van der Waals surface area contributed by atoms with Crippen LogP contribution in [0.2, 0.25) is 0 Å². The molecule has 5 nitrogen and oxygen atoms in total. The summed E-state index contributed by atoms with van der Waals surface area (Å²) in [6, 6.07) is 10.7. The number of aliphatic imine (C=N–C) groups is 1. The van der Waals surface area contributed by atoms with Gasteiger partial charge >= 0.3 is 6.18 Å². The number of benzene rings is 1. The molecule has 0 saturated carbocycles. The number of aromatic nitrogens is 2. The van der Waals surface area contributed by atoms with Crippen molar-refractivity contribution in [2.75, 3.05) is 7.11 Å². The first-order chi connectivity index (χ1) is 16.7. The standard InChI is InChI=1S/C26H25F4N3O2/c1-4-6-19(15-32-17(2)18-8-11-24(27)33-14-18)22-10-9-21(13-23(22)34-3)35-16-20-7-5-12-31-25(20)26(28,29)30/h5,7-15H,4,6,16H2,1-3H3/b19-15+,32-17?. The second-order valence-corrected chi connectivity index (χ2v) is 7.65. The van der Waals surface area contributed by atoms with Crippen LogP contribution >= 0.6 is 0 Å². The van der Waals surface area contributed by atoms with Crippen LogP contribution in [0.5, 0.6) is 11.5 Å². The fourth-order valence-electron chi connectivity index (χ4n) is 3.38. The van der Waals surface area contributed by atoms with Crippen LogP contribution in [0.15, 0.2) is 66.1 Å². The van der Waals surface area contributed by atoms with Gasteiger partial charge in [-0.3, -0.25) is 9.98 Å². The Kier molecular flexibility index (Phi) is 8.57. The highest BCUT2D eigenvalue weighted by molar-refractivity contribution is 5.99. The van der Waals surface area contributed by atoms with Gasteiger partial charge in [-0.1, -0.05) is 19.4 Å². The topological polar surface area (TPSA) is 56.6 Å². The Balaban J connectivity index is 1.85. The number of alkyl halides is 3. The van der Waals surface area contributed by atoms with E-state index in [0.29, 0.717) is 29.2 Å². The van der Waals surface area contributed by atoms with E-state index in [1.165, 1.54) is 31.5 Å². The Bertz CT molecular complexity index is 1210. The van der Waals surface area contributed by atoms with Gasteiger partial charge in [0.15, 0.2) is 5.69 Å². The molecule has 0 amide bonds. The first-order valence-electron chi connectivity index (χ1n) is 10.9. The molecule has 0 atom stereocenters. The fraction of sp³-hybridized carbons (Fsp3) is 0.269. The van der Waals surface area contributed by atoms with E-state index >= 15 is 0 Å². The molecule has 0 fully saturated rings. The number of pyridine rings is 2. The summed E-state index contributed by atoms with van der Waals surface area (Å²) in [7, 11) is 1.51. The lowest BCUT2D eigenvalue weighted by Crippen LogP contribution is -2.13. The molecule has 3 aromatic rings. The van der Waals surface area contributed by atoms with E-state index in [0.717, 1.165) is 23.8 Å². The van der Waals surface area contributed by atoms with Crippen LogP contribution in [0.4, 0.5) is 17.6 Å². The Morgan fingerprint density at radius 2 is 1.91 bits per heavy atom. The second kappa shape index (κ2) is 11.6. The molecule has 0 saturated heterocycles. The number of rotatable bonds is 9. The van der Waals surface area contributed by atoms with Crippen LogP contribution in [0, 0.1) is 5.95 Å². The summed E-state index contributed by atoms with van der Waals surface area (Å²) < 4.78 is 63.8. The summed E-state index contributed by atoms with van der Waals surface area (Å²) in [4.78, 5) is 11.6. The molecule has 0 unspecified atom stereocenters. The quantitative estimate of drug-likeness (QED) is 0.188. The third kappa shape index (κ3) is 6.88. The van der Waals surface area contributed by atoms with E-state index in [-0.39, 0.29) is 12.2 Å². The van der Waals surface area contributed by atoms with Gasteiger partial charge in [0.2, 0.25) is 5.95 Å². The van der Waals surface area contributed by atoms with Gasteiger partial charge in [0.25, 0.3) is 0 Å². The Hall–Kier alpha value is -3.75. The average Bonchev–Trinajstić information content (AvgIpc) is 2.85. The maximum atomic E-state index is 13.2. The van der Waals surface area contributed by atoms with E-state index in [2.05, 4.69) is 15.0 Å². The summed E-state index contributed by atoms with van der Waals surface area (Å²) in [6.45, 7) is 3.54. The molecule has 2 heterocycles. The third-order valence-corrected chi connectivity index (χ3v) is 5.15. The molecule has 2 aromatic heterocycles. The lowest BCUT2D eigenvalue weighted by atomic mass is 10.0. The predicted molar refractivity (Wildman–Crippen MR) is 126 cm³/mol.